The van der Waals surface area contributed by atoms with E-state index < -0.39 is 0 Å². The van der Waals surface area contributed by atoms with Crippen molar-refractivity contribution in [2.75, 3.05) is 19.6 Å². The molecule has 2 unspecified atom stereocenters. The van der Waals surface area contributed by atoms with Gasteiger partial charge < -0.3 is 9.73 Å². The molecule has 1 aliphatic rings. The van der Waals surface area contributed by atoms with Crippen LogP contribution >= 0.6 is 0 Å². The Bertz CT molecular complexity index is 380. The molecule has 1 aliphatic heterocycles. The molecule has 2 atom stereocenters. The summed E-state index contributed by atoms with van der Waals surface area (Å²) in [6, 6.07) is 5.19. The van der Waals surface area contributed by atoms with Crippen molar-refractivity contribution in [2.24, 2.45) is 5.92 Å². The van der Waals surface area contributed by atoms with Gasteiger partial charge in [-0.3, -0.25) is 4.90 Å². The molecule has 0 radical (unpaired) electrons. The highest BCUT2D eigenvalue weighted by atomic mass is 16.3. The Labute approximate surface area is 117 Å². The van der Waals surface area contributed by atoms with Gasteiger partial charge in [-0.15, -0.1) is 0 Å². The third kappa shape index (κ3) is 4.08. The molecule has 0 saturated carbocycles. The van der Waals surface area contributed by atoms with Crippen LogP contribution in [0.2, 0.25) is 0 Å². The number of aryl methyl sites for hydroxylation is 1. The van der Waals surface area contributed by atoms with Crippen LogP contribution < -0.4 is 5.32 Å². The first-order chi connectivity index (χ1) is 9.06. The molecule has 19 heavy (non-hydrogen) atoms. The summed E-state index contributed by atoms with van der Waals surface area (Å²) in [5.41, 5.74) is 0. The molecule has 0 aromatic carbocycles. The van der Waals surface area contributed by atoms with Gasteiger partial charge in [0.05, 0.1) is 6.04 Å². The first-order valence-corrected chi connectivity index (χ1v) is 7.60. The molecule has 3 heteroatoms. The maximum Gasteiger partial charge on any atom is 0.121 e. The molecule has 1 aromatic heterocycles. The van der Waals surface area contributed by atoms with Gasteiger partial charge in [-0.05, 0) is 51.3 Å². The zero-order valence-electron chi connectivity index (χ0n) is 12.8. The summed E-state index contributed by atoms with van der Waals surface area (Å²) < 4.78 is 5.81. The van der Waals surface area contributed by atoms with Crippen LogP contribution in [0.25, 0.3) is 0 Å². The molecule has 1 N–H and O–H groups in total. The van der Waals surface area contributed by atoms with Crippen molar-refractivity contribution in [3.63, 3.8) is 0 Å². The van der Waals surface area contributed by atoms with E-state index >= 15 is 0 Å². The van der Waals surface area contributed by atoms with Crippen molar-refractivity contribution in [3.8, 4) is 0 Å². The van der Waals surface area contributed by atoms with Crippen molar-refractivity contribution >= 4 is 0 Å². The maximum absolute atomic E-state index is 5.81. The number of furan rings is 1. The van der Waals surface area contributed by atoms with Crippen molar-refractivity contribution in [2.45, 2.75) is 52.6 Å². The highest BCUT2D eigenvalue weighted by Gasteiger charge is 2.24. The lowest BCUT2D eigenvalue weighted by atomic mass is 10.1. The van der Waals surface area contributed by atoms with Crippen LogP contribution in [-0.4, -0.2) is 30.6 Å². The number of hydrogen-bond acceptors (Lipinski definition) is 3. The van der Waals surface area contributed by atoms with Gasteiger partial charge in [0.15, 0.2) is 0 Å². The third-order valence-electron chi connectivity index (χ3n) is 3.94. The highest BCUT2D eigenvalue weighted by molar-refractivity contribution is 5.09. The lowest BCUT2D eigenvalue weighted by molar-refractivity contribution is 0.153. The Morgan fingerprint density at radius 2 is 2.16 bits per heavy atom. The molecule has 3 nitrogen and oxygen atoms in total. The number of rotatable bonds is 6. The van der Waals surface area contributed by atoms with Crippen molar-refractivity contribution < 1.29 is 4.42 Å². The van der Waals surface area contributed by atoms with Crippen LogP contribution in [0.4, 0.5) is 0 Å². The molecular weight excluding hydrogens is 236 g/mol. The van der Waals surface area contributed by atoms with Gasteiger partial charge in [-0.25, -0.2) is 0 Å². The first kappa shape index (κ1) is 14.6. The average molecular weight is 264 g/mol. The largest absolute Gasteiger partial charge is 0.465 e. The summed E-state index contributed by atoms with van der Waals surface area (Å²) >= 11 is 0. The third-order valence-corrected chi connectivity index (χ3v) is 3.94. The fourth-order valence-electron chi connectivity index (χ4n) is 2.91. The van der Waals surface area contributed by atoms with Crippen LogP contribution in [0.15, 0.2) is 16.5 Å². The van der Waals surface area contributed by atoms with Gasteiger partial charge in [0.2, 0.25) is 0 Å². The quantitative estimate of drug-likeness (QED) is 0.854. The number of nitrogens with one attached hydrogen (secondary N) is 1. The average Bonchev–Trinajstić information content (AvgIpc) is 2.98. The van der Waals surface area contributed by atoms with E-state index in [0.717, 1.165) is 24.6 Å². The molecule has 0 amide bonds. The van der Waals surface area contributed by atoms with E-state index in [4.69, 9.17) is 4.42 Å². The summed E-state index contributed by atoms with van der Waals surface area (Å²) in [6.07, 6.45) is 2.62. The molecule has 1 saturated heterocycles. The van der Waals surface area contributed by atoms with Gasteiger partial charge in [0, 0.05) is 19.1 Å². The summed E-state index contributed by atoms with van der Waals surface area (Å²) in [4.78, 5) is 2.56. The van der Waals surface area contributed by atoms with Crippen LogP contribution in [-0.2, 0) is 0 Å². The van der Waals surface area contributed by atoms with Crippen LogP contribution in [0.1, 0.15) is 51.2 Å². The molecule has 2 rings (SSSR count). The lowest BCUT2D eigenvalue weighted by Crippen LogP contribution is -2.40. The minimum atomic E-state index is 0.360. The highest BCUT2D eigenvalue weighted by Crippen LogP contribution is 2.24. The van der Waals surface area contributed by atoms with E-state index in [1.807, 2.05) is 6.92 Å². The standard InChI is InChI=1S/C16H28N2O/c1-12(2)10-18(11-15-6-5-9-17-15)14(4)16-8-7-13(3)19-16/h7-8,12,14-15,17H,5-6,9-11H2,1-4H3. The molecule has 0 spiro atoms. The van der Waals surface area contributed by atoms with E-state index in [9.17, 15) is 0 Å². The normalized spacial score (nSPS) is 21.5. The second-order valence-corrected chi connectivity index (χ2v) is 6.27. The Kier molecular flexibility index (Phi) is 5.06. The van der Waals surface area contributed by atoms with Crippen molar-refractivity contribution in [1.82, 2.24) is 10.2 Å². The predicted molar refractivity (Wildman–Crippen MR) is 79.3 cm³/mol. The van der Waals surface area contributed by atoms with Crippen molar-refractivity contribution in [1.29, 1.82) is 0 Å². The number of nitrogens with zero attached hydrogens (tertiary/aromatic N) is 1. The SMILES string of the molecule is Cc1ccc(C(C)N(CC(C)C)CC2CCCN2)o1. The molecular formula is C16H28N2O. The summed E-state index contributed by atoms with van der Waals surface area (Å²) in [7, 11) is 0. The Hall–Kier alpha value is -0.800. The molecule has 108 valence electrons. The van der Waals surface area contributed by atoms with Gasteiger partial charge in [0.25, 0.3) is 0 Å². The zero-order chi connectivity index (χ0) is 13.8. The number of hydrogen-bond donors (Lipinski definition) is 1. The smallest absolute Gasteiger partial charge is 0.121 e. The molecule has 0 aliphatic carbocycles. The van der Waals surface area contributed by atoms with E-state index in [-0.39, 0.29) is 0 Å². The Morgan fingerprint density at radius 3 is 2.68 bits per heavy atom. The topological polar surface area (TPSA) is 28.4 Å². The molecule has 0 bridgehead atoms. The summed E-state index contributed by atoms with van der Waals surface area (Å²) in [5.74, 6) is 2.78. The second kappa shape index (κ2) is 6.58. The first-order valence-electron chi connectivity index (χ1n) is 7.60. The van der Waals surface area contributed by atoms with Gasteiger partial charge in [0.1, 0.15) is 11.5 Å². The van der Waals surface area contributed by atoms with E-state index in [2.05, 4.69) is 43.1 Å². The van der Waals surface area contributed by atoms with Gasteiger partial charge >= 0.3 is 0 Å². The maximum atomic E-state index is 5.81. The van der Waals surface area contributed by atoms with Crippen LogP contribution in [0.3, 0.4) is 0 Å². The fourth-order valence-corrected chi connectivity index (χ4v) is 2.91. The second-order valence-electron chi connectivity index (χ2n) is 6.27. The van der Waals surface area contributed by atoms with Crippen LogP contribution in [0, 0.1) is 12.8 Å². The fraction of sp³-hybridized carbons (Fsp3) is 0.750. The Balaban J connectivity index is 2.02. The summed E-state index contributed by atoms with van der Waals surface area (Å²) in [5, 5.41) is 3.60. The van der Waals surface area contributed by atoms with E-state index in [1.54, 1.807) is 0 Å². The molecule has 1 aromatic rings. The Morgan fingerprint density at radius 1 is 1.37 bits per heavy atom. The van der Waals surface area contributed by atoms with Gasteiger partial charge in [-0.2, -0.15) is 0 Å². The minimum absolute atomic E-state index is 0.360. The van der Waals surface area contributed by atoms with Gasteiger partial charge in [-0.1, -0.05) is 13.8 Å². The summed E-state index contributed by atoms with van der Waals surface area (Å²) in [6.45, 7) is 12.3. The lowest BCUT2D eigenvalue weighted by Gasteiger charge is -2.31. The molecule has 2 heterocycles. The monoisotopic (exact) mass is 264 g/mol. The molecule has 1 fully saturated rings. The minimum Gasteiger partial charge on any atom is -0.465 e. The van der Waals surface area contributed by atoms with Crippen LogP contribution in [0.5, 0.6) is 0 Å². The predicted octanol–water partition coefficient (Wildman–Crippen LogP) is 3.36. The van der Waals surface area contributed by atoms with Crippen molar-refractivity contribution in [3.05, 3.63) is 23.7 Å². The van der Waals surface area contributed by atoms with E-state index in [0.29, 0.717) is 18.0 Å². The zero-order valence-corrected chi connectivity index (χ0v) is 12.8. The van der Waals surface area contributed by atoms with E-state index in [1.165, 1.54) is 19.4 Å².